The fourth-order valence-corrected chi connectivity index (χ4v) is 2.47. The Kier molecular flexibility index (Phi) is 3.09. The van der Waals surface area contributed by atoms with Gasteiger partial charge in [-0.1, -0.05) is 18.2 Å². The summed E-state index contributed by atoms with van der Waals surface area (Å²) in [5.41, 5.74) is 4.70. The molecule has 0 radical (unpaired) electrons. The topological polar surface area (TPSA) is 45.6 Å². The summed E-state index contributed by atoms with van der Waals surface area (Å²) in [6, 6.07) is 8.34. The minimum atomic E-state index is 0.959. The fraction of sp³-hybridized carbons (Fsp3) is 0.267. The van der Waals surface area contributed by atoms with Crippen molar-refractivity contribution in [1.82, 2.24) is 20.1 Å². The van der Waals surface area contributed by atoms with Crippen molar-refractivity contribution in [2.45, 2.75) is 6.42 Å². The molecule has 4 nitrogen and oxygen atoms in total. The molecule has 0 saturated carbocycles. The zero-order valence-electron chi connectivity index (χ0n) is 11.3. The lowest BCUT2D eigenvalue weighted by atomic mass is 10.1. The van der Waals surface area contributed by atoms with Crippen LogP contribution in [0.1, 0.15) is 5.56 Å². The van der Waals surface area contributed by atoms with Gasteiger partial charge in [0.25, 0.3) is 0 Å². The van der Waals surface area contributed by atoms with Crippen molar-refractivity contribution < 1.29 is 0 Å². The lowest BCUT2D eigenvalue weighted by molar-refractivity contribution is 0.765. The predicted molar refractivity (Wildman–Crippen MR) is 78.1 cm³/mol. The van der Waals surface area contributed by atoms with E-state index in [1.165, 1.54) is 16.5 Å². The van der Waals surface area contributed by atoms with E-state index in [4.69, 9.17) is 0 Å². The van der Waals surface area contributed by atoms with E-state index < -0.39 is 0 Å². The molecule has 3 aromatic rings. The molecule has 0 atom stereocenters. The maximum Gasteiger partial charge on any atom is 0.0976 e. The number of likely N-dealkylation sites (N-methyl/N-ethyl adjacent to an activating group) is 1. The summed E-state index contributed by atoms with van der Waals surface area (Å²) in [5, 5.41) is 9.04. The lowest BCUT2D eigenvalue weighted by Gasteiger charge is -2.01. The van der Waals surface area contributed by atoms with Gasteiger partial charge in [-0.2, -0.15) is 5.10 Å². The number of rotatable bonds is 4. The number of hydrogen-bond acceptors (Lipinski definition) is 2. The van der Waals surface area contributed by atoms with Gasteiger partial charge in [-0.25, -0.2) is 0 Å². The van der Waals surface area contributed by atoms with Crippen molar-refractivity contribution >= 4 is 10.9 Å². The molecule has 4 heteroatoms. The number of fused-ring (bicyclic) bond motifs is 1. The van der Waals surface area contributed by atoms with Gasteiger partial charge >= 0.3 is 0 Å². The zero-order chi connectivity index (χ0) is 13.2. The number of aryl methyl sites for hydroxylation is 1. The predicted octanol–water partition coefficient (Wildman–Crippen LogP) is 2.33. The van der Waals surface area contributed by atoms with Gasteiger partial charge in [0.15, 0.2) is 0 Å². The van der Waals surface area contributed by atoms with Crippen LogP contribution in [-0.4, -0.2) is 28.4 Å². The van der Waals surface area contributed by atoms with Gasteiger partial charge in [0.05, 0.1) is 5.69 Å². The van der Waals surface area contributed by atoms with Crippen LogP contribution in [0.15, 0.2) is 36.7 Å². The van der Waals surface area contributed by atoms with Crippen LogP contribution in [-0.2, 0) is 13.5 Å². The Bertz CT molecular complexity index is 693. The second kappa shape index (κ2) is 4.90. The van der Waals surface area contributed by atoms with Crippen LogP contribution in [0.25, 0.3) is 22.2 Å². The van der Waals surface area contributed by atoms with Gasteiger partial charge in [0, 0.05) is 35.9 Å². The van der Waals surface area contributed by atoms with E-state index in [-0.39, 0.29) is 0 Å². The first kappa shape index (κ1) is 12.0. The van der Waals surface area contributed by atoms with Crippen molar-refractivity contribution in [3.8, 4) is 11.3 Å². The van der Waals surface area contributed by atoms with Gasteiger partial charge in [-0.15, -0.1) is 0 Å². The molecule has 0 bridgehead atoms. The molecule has 0 amide bonds. The molecule has 0 aliphatic carbocycles. The molecule has 98 valence electrons. The Morgan fingerprint density at radius 2 is 2.16 bits per heavy atom. The number of hydrogen-bond donors (Lipinski definition) is 2. The first-order chi connectivity index (χ1) is 9.29. The minimum absolute atomic E-state index is 0.959. The quantitative estimate of drug-likeness (QED) is 0.750. The average Bonchev–Trinajstić information content (AvgIpc) is 2.99. The van der Waals surface area contributed by atoms with Crippen LogP contribution in [0.2, 0.25) is 0 Å². The molecule has 19 heavy (non-hydrogen) atoms. The maximum atomic E-state index is 4.63. The highest BCUT2D eigenvalue weighted by atomic mass is 15.3. The van der Waals surface area contributed by atoms with Crippen LogP contribution >= 0.6 is 0 Å². The molecule has 0 aliphatic rings. The normalized spacial score (nSPS) is 11.3. The number of nitrogens with zero attached hydrogens (tertiary/aromatic N) is 2. The molecule has 0 aliphatic heterocycles. The zero-order valence-corrected chi connectivity index (χ0v) is 11.3. The molecule has 0 saturated heterocycles. The minimum Gasteiger partial charge on any atom is -0.360 e. The van der Waals surface area contributed by atoms with Gasteiger partial charge in [-0.3, -0.25) is 4.68 Å². The van der Waals surface area contributed by atoms with Crippen LogP contribution in [0, 0.1) is 0 Å². The third kappa shape index (κ3) is 2.15. The first-order valence-corrected chi connectivity index (χ1v) is 6.53. The number of aromatic amines is 1. The van der Waals surface area contributed by atoms with Crippen molar-refractivity contribution in [2.75, 3.05) is 13.6 Å². The van der Waals surface area contributed by atoms with Crippen molar-refractivity contribution in [1.29, 1.82) is 0 Å². The van der Waals surface area contributed by atoms with E-state index in [1.807, 2.05) is 24.8 Å². The Morgan fingerprint density at radius 1 is 1.32 bits per heavy atom. The van der Waals surface area contributed by atoms with Crippen molar-refractivity contribution in [3.05, 3.63) is 42.2 Å². The number of para-hydroxylation sites is 1. The maximum absolute atomic E-state index is 4.63. The molecule has 0 spiro atoms. The second-order valence-electron chi connectivity index (χ2n) is 4.78. The molecule has 0 fully saturated rings. The molecular formula is C15H18N4. The Balaban J connectivity index is 2.10. The fourth-order valence-electron chi connectivity index (χ4n) is 2.47. The monoisotopic (exact) mass is 254 g/mol. The van der Waals surface area contributed by atoms with Crippen molar-refractivity contribution in [3.63, 3.8) is 0 Å². The summed E-state index contributed by atoms with van der Waals surface area (Å²) < 4.78 is 1.89. The summed E-state index contributed by atoms with van der Waals surface area (Å²) in [5.74, 6) is 0. The molecule has 1 aromatic carbocycles. The highest BCUT2D eigenvalue weighted by Crippen LogP contribution is 2.29. The molecule has 3 rings (SSSR count). The Labute approximate surface area is 112 Å². The number of aromatic nitrogens is 3. The first-order valence-electron chi connectivity index (χ1n) is 6.53. The van der Waals surface area contributed by atoms with Gasteiger partial charge < -0.3 is 10.3 Å². The van der Waals surface area contributed by atoms with Gasteiger partial charge in [0.2, 0.25) is 0 Å². The third-order valence-corrected chi connectivity index (χ3v) is 3.39. The van der Waals surface area contributed by atoms with E-state index in [0.717, 1.165) is 24.2 Å². The highest BCUT2D eigenvalue weighted by Gasteiger charge is 2.13. The van der Waals surface area contributed by atoms with Crippen molar-refractivity contribution in [2.24, 2.45) is 7.05 Å². The molecular weight excluding hydrogens is 236 g/mol. The Hall–Kier alpha value is -2.07. The van der Waals surface area contributed by atoms with E-state index >= 15 is 0 Å². The molecule has 2 heterocycles. The summed E-state index contributed by atoms with van der Waals surface area (Å²) >= 11 is 0. The standard InChI is InChI=1S/C15H18N4/c1-16-8-7-11-10-19(2)18-15(11)13-9-17-14-6-4-3-5-12(13)14/h3-6,9-10,16-17H,7-8H2,1-2H3. The lowest BCUT2D eigenvalue weighted by Crippen LogP contribution is -2.10. The van der Waals surface area contributed by atoms with E-state index in [0.29, 0.717) is 0 Å². The van der Waals surface area contributed by atoms with Crippen LogP contribution in [0.3, 0.4) is 0 Å². The van der Waals surface area contributed by atoms with E-state index in [2.05, 4.69) is 46.0 Å². The van der Waals surface area contributed by atoms with E-state index in [1.54, 1.807) is 0 Å². The SMILES string of the molecule is CNCCc1cn(C)nc1-c1c[nH]c2ccccc12. The molecule has 2 aromatic heterocycles. The van der Waals surface area contributed by atoms with Crippen LogP contribution < -0.4 is 5.32 Å². The van der Waals surface area contributed by atoms with Crippen LogP contribution in [0.4, 0.5) is 0 Å². The number of H-pyrrole nitrogens is 1. The number of benzene rings is 1. The summed E-state index contributed by atoms with van der Waals surface area (Å²) in [7, 11) is 3.95. The van der Waals surface area contributed by atoms with Crippen LogP contribution in [0.5, 0.6) is 0 Å². The Morgan fingerprint density at radius 3 is 3.00 bits per heavy atom. The summed E-state index contributed by atoms with van der Waals surface area (Å²) in [6.45, 7) is 0.959. The number of nitrogens with one attached hydrogen (secondary N) is 2. The van der Waals surface area contributed by atoms with Gasteiger partial charge in [-0.05, 0) is 31.6 Å². The molecule has 2 N–H and O–H groups in total. The summed E-state index contributed by atoms with van der Waals surface area (Å²) in [6.07, 6.45) is 5.14. The largest absolute Gasteiger partial charge is 0.360 e. The van der Waals surface area contributed by atoms with E-state index in [9.17, 15) is 0 Å². The highest BCUT2D eigenvalue weighted by molar-refractivity contribution is 5.95. The third-order valence-electron chi connectivity index (χ3n) is 3.39. The second-order valence-corrected chi connectivity index (χ2v) is 4.78. The smallest absolute Gasteiger partial charge is 0.0976 e. The average molecular weight is 254 g/mol. The summed E-state index contributed by atoms with van der Waals surface area (Å²) in [4.78, 5) is 3.31. The molecule has 0 unspecified atom stereocenters. The van der Waals surface area contributed by atoms with Gasteiger partial charge in [0.1, 0.15) is 0 Å².